The molecule has 0 aliphatic carbocycles. The maximum atomic E-state index is 12.5. The van der Waals surface area contributed by atoms with Gasteiger partial charge in [0.05, 0.1) is 13.2 Å². The maximum Gasteiger partial charge on any atom is 0.270 e. The normalized spacial score (nSPS) is 11.5. The molecule has 5 nitrogen and oxygen atoms in total. The first kappa shape index (κ1) is 19.4. The van der Waals surface area contributed by atoms with Gasteiger partial charge in [0.25, 0.3) is 5.91 Å². The van der Waals surface area contributed by atoms with Crippen LogP contribution in [0.25, 0.3) is 0 Å². The molecule has 28 heavy (non-hydrogen) atoms. The Balaban J connectivity index is 1.58. The third-order valence-corrected chi connectivity index (χ3v) is 4.56. The zero-order chi connectivity index (χ0) is 19.8. The fourth-order valence-corrected chi connectivity index (χ4v) is 3.01. The SMILES string of the molecule is COc1ccccc1CCNc1ccnc(C(=O)NC(C)c2ccccc2)c1. The summed E-state index contributed by atoms with van der Waals surface area (Å²) in [4.78, 5) is 16.7. The number of hydrogen-bond donors (Lipinski definition) is 2. The molecule has 0 bridgehead atoms. The molecule has 0 saturated carbocycles. The van der Waals surface area contributed by atoms with Gasteiger partial charge in [0.2, 0.25) is 0 Å². The van der Waals surface area contributed by atoms with Crippen LogP contribution < -0.4 is 15.4 Å². The van der Waals surface area contributed by atoms with Gasteiger partial charge in [-0.2, -0.15) is 0 Å². The molecule has 0 aliphatic heterocycles. The molecule has 3 aromatic rings. The van der Waals surface area contributed by atoms with E-state index >= 15 is 0 Å². The van der Waals surface area contributed by atoms with E-state index in [4.69, 9.17) is 4.74 Å². The number of rotatable bonds is 8. The highest BCUT2D eigenvalue weighted by molar-refractivity contribution is 5.93. The van der Waals surface area contributed by atoms with Crippen molar-refractivity contribution in [1.82, 2.24) is 10.3 Å². The summed E-state index contributed by atoms with van der Waals surface area (Å²) in [7, 11) is 1.68. The minimum absolute atomic E-state index is 0.0855. The van der Waals surface area contributed by atoms with Gasteiger partial charge in [-0.05, 0) is 42.7 Å². The molecule has 0 radical (unpaired) electrons. The molecular weight excluding hydrogens is 350 g/mol. The smallest absolute Gasteiger partial charge is 0.270 e. The van der Waals surface area contributed by atoms with E-state index in [-0.39, 0.29) is 11.9 Å². The number of pyridine rings is 1. The quantitative estimate of drug-likeness (QED) is 0.618. The first-order valence-electron chi connectivity index (χ1n) is 9.35. The maximum absolute atomic E-state index is 12.5. The van der Waals surface area contributed by atoms with E-state index in [2.05, 4.69) is 21.7 Å². The Labute approximate surface area is 165 Å². The summed E-state index contributed by atoms with van der Waals surface area (Å²) in [6, 6.07) is 21.4. The van der Waals surface area contributed by atoms with Crippen LogP contribution in [0.3, 0.4) is 0 Å². The number of para-hydroxylation sites is 1. The highest BCUT2D eigenvalue weighted by atomic mass is 16.5. The standard InChI is InChI=1S/C23H25N3O2/c1-17(18-8-4-3-5-9-18)26-23(27)21-16-20(13-15-25-21)24-14-12-19-10-6-7-11-22(19)28-2/h3-11,13,15-17H,12,14H2,1-2H3,(H,24,25)(H,26,27). The lowest BCUT2D eigenvalue weighted by Crippen LogP contribution is -2.27. The fraction of sp³-hybridized carbons (Fsp3) is 0.217. The van der Waals surface area contributed by atoms with Gasteiger partial charge in [-0.1, -0.05) is 48.5 Å². The molecule has 144 valence electrons. The number of amides is 1. The summed E-state index contributed by atoms with van der Waals surface area (Å²) in [5.41, 5.74) is 3.45. The van der Waals surface area contributed by atoms with Gasteiger partial charge in [0.15, 0.2) is 0 Å². The second kappa shape index (κ2) is 9.55. The molecule has 1 amide bonds. The Bertz CT molecular complexity index is 912. The molecule has 0 aliphatic rings. The highest BCUT2D eigenvalue weighted by Gasteiger charge is 2.13. The lowest BCUT2D eigenvalue weighted by Gasteiger charge is -2.14. The van der Waals surface area contributed by atoms with Crippen LogP contribution >= 0.6 is 0 Å². The summed E-state index contributed by atoms with van der Waals surface area (Å²) in [6.07, 6.45) is 2.46. The summed E-state index contributed by atoms with van der Waals surface area (Å²) in [5.74, 6) is 0.693. The van der Waals surface area contributed by atoms with Crippen molar-refractivity contribution in [3.63, 3.8) is 0 Å². The molecular formula is C23H25N3O2. The summed E-state index contributed by atoms with van der Waals surface area (Å²) < 4.78 is 5.38. The topological polar surface area (TPSA) is 63.2 Å². The Hall–Kier alpha value is -3.34. The van der Waals surface area contributed by atoms with Crippen LogP contribution in [-0.4, -0.2) is 24.5 Å². The summed E-state index contributed by atoms with van der Waals surface area (Å²) in [6.45, 7) is 2.69. The van der Waals surface area contributed by atoms with Gasteiger partial charge >= 0.3 is 0 Å². The second-order valence-corrected chi connectivity index (χ2v) is 6.52. The van der Waals surface area contributed by atoms with Crippen LogP contribution in [0.5, 0.6) is 5.75 Å². The van der Waals surface area contributed by atoms with Crippen molar-refractivity contribution in [2.24, 2.45) is 0 Å². The molecule has 0 fully saturated rings. The average molecular weight is 375 g/mol. The zero-order valence-electron chi connectivity index (χ0n) is 16.2. The van der Waals surface area contributed by atoms with Crippen LogP contribution in [0.15, 0.2) is 72.9 Å². The van der Waals surface area contributed by atoms with E-state index in [0.717, 1.165) is 35.5 Å². The van der Waals surface area contributed by atoms with Crippen molar-refractivity contribution < 1.29 is 9.53 Å². The summed E-state index contributed by atoms with van der Waals surface area (Å²) in [5, 5.41) is 6.34. The van der Waals surface area contributed by atoms with Crippen LogP contribution in [-0.2, 0) is 6.42 Å². The number of aromatic nitrogens is 1. The highest BCUT2D eigenvalue weighted by Crippen LogP contribution is 2.18. The number of nitrogens with one attached hydrogen (secondary N) is 2. The molecule has 5 heteroatoms. The third-order valence-electron chi connectivity index (χ3n) is 4.56. The van der Waals surface area contributed by atoms with Crippen LogP contribution in [0.2, 0.25) is 0 Å². The first-order chi connectivity index (χ1) is 13.7. The van der Waals surface area contributed by atoms with Crippen molar-refractivity contribution >= 4 is 11.6 Å². The Morgan fingerprint density at radius 3 is 2.61 bits per heavy atom. The minimum Gasteiger partial charge on any atom is -0.496 e. The molecule has 1 heterocycles. The van der Waals surface area contributed by atoms with E-state index in [1.165, 1.54) is 0 Å². The molecule has 2 N–H and O–H groups in total. The summed E-state index contributed by atoms with van der Waals surface area (Å²) >= 11 is 0. The number of methoxy groups -OCH3 is 1. The number of nitrogens with zero attached hydrogens (tertiary/aromatic N) is 1. The molecule has 1 aromatic heterocycles. The van der Waals surface area contributed by atoms with Gasteiger partial charge in [-0.25, -0.2) is 0 Å². The zero-order valence-corrected chi connectivity index (χ0v) is 16.2. The van der Waals surface area contributed by atoms with Crippen molar-refractivity contribution in [3.05, 3.63) is 89.7 Å². The lowest BCUT2D eigenvalue weighted by atomic mass is 10.1. The monoisotopic (exact) mass is 375 g/mol. The second-order valence-electron chi connectivity index (χ2n) is 6.52. The van der Waals surface area contributed by atoms with Crippen molar-refractivity contribution in [2.75, 3.05) is 19.0 Å². The van der Waals surface area contributed by atoms with E-state index in [1.54, 1.807) is 19.4 Å². The predicted octanol–water partition coefficient (Wildman–Crippen LogP) is 4.24. The lowest BCUT2D eigenvalue weighted by molar-refractivity contribution is 0.0935. The number of ether oxygens (including phenoxy) is 1. The molecule has 3 rings (SSSR count). The van der Waals surface area contributed by atoms with Crippen LogP contribution in [0, 0.1) is 0 Å². The first-order valence-corrected chi connectivity index (χ1v) is 9.35. The van der Waals surface area contributed by atoms with Crippen LogP contribution in [0.4, 0.5) is 5.69 Å². The van der Waals surface area contributed by atoms with Gasteiger partial charge in [0, 0.05) is 18.4 Å². The van der Waals surface area contributed by atoms with E-state index in [9.17, 15) is 4.79 Å². The third kappa shape index (κ3) is 5.10. The molecule has 1 atom stereocenters. The molecule has 1 unspecified atom stereocenters. The molecule has 2 aromatic carbocycles. The van der Waals surface area contributed by atoms with Crippen molar-refractivity contribution in [3.8, 4) is 5.75 Å². The largest absolute Gasteiger partial charge is 0.496 e. The minimum atomic E-state index is -0.190. The number of carbonyl (C=O) groups is 1. The number of carbonyl (C=O) groups excluding carboxylic acids is 1. The fourth-order valence-electron chi connectivity index (χ4n) is 3.01. The number of hydrogen-bond acceptors (Lipinski definition) is 4. The molecule has 0 saturated heterocycles. The van der Waals surface area contributed by atoms with Crippen molar-refractivity contribution in [2.45, 2.75) is 19.4 Å². The van der Waals surface area contributed by atoms with Gasteiger partial charge in [0.1, 0.15) is 11.4 Å². The van der Waals surface area contributed by atoms with E-state index in [1.807, 2.05) is 61.5 Å². The van der Waals surface area contributed by atoms with Crippen molar-refractivity contribution in [1.29, 1.82) is 0 Å². The van der Waals surface area contributed by atoms with E-state index < -0.39 is 0 Å². The van der Waals surface area contributed by atoms with Gasteiger partial charge in [-0.3, -0.25) is 9.78 Å². The number of benzene rings is 2. The van der Waals surface area contributed by atoms with Gasteiger partial charge < -0.3 is 15.4 Å². The van der Waals surface area contributed by atoms with Gasteiger partial charge in [-0.15, -0.1) is 0 Å². The predicted molar refractivity (Wildman–Crippen MR) is 112 cm³/mol. The Kier molecular flexibility index (Phi) is 6.63. The average Bonchev–Trinajstić information content (AvgIpc) is 2.75. The van der Waals surface area contributed by atoms with Crippen LogP contribution in [0.1, 0.15) is 34.6 Å². The number of anilines is 1. The van der Waals surface area contributed by atoms with E-state index in [0.29, 0.717) is 5.69 Å². The molecule has 0 spiro atoms. The Morgan fingerprint density at radius 2 is 1.82 bits per heavy atom. The Morgan fingerprint density at radius 1 is 1.07 bits per heavy atom.